The number of nitrogens with zero attached hydrogens (tertiary/aromatic N) is 3. The van der Waals surface area contributed by atoms with Crippen molar-refractivity contribution in [1.82, 2.24) is 20.2 Å². The average Bonchev–Trinajstić information content (AvgIpc) is 3.20. The number of aromatic nitrogens is 2. The van der Waals surface area contributed by atoms with Crippen LogP contribution in [0.1, 0.15) is 29.7 Å². The van der Waals surface area contributed by atoms with Crippen LogP contribution in [0.2, 0.25) is 0 Å². The maximum absolute atomic E-state index is 12.6. The van der Waals surface area contributed by atoms with Crippen molar-refractivity contribution >= 4 is 16.8 Å². The zero-order chi connectivity index (χ0) is 18.6. The Balaban J connectivity index is 1.43. The van der Waals surface area contributed by atoms with Crippen molar-refractivity contribution in [2.45, 2.75) is 26.0 Å². The molecule has 0 aliphatic carbocycles. The first-order valence-corrected chi connectivity index (χ1v) is 9.18. The Kier molecular flexibility index (Phi) is 5.02. The molecule has 1 amide bonds. The van der Waals surface area contributed by atoms with Crippen molar-refractivity contribution < 1.29 is 13.9 Å². The van der Waals surface area contributed by atoms with Gasteiger partial charge in [-0.15, -0.1) is 0 Å². The molecule has 0 unspecified atom stereocenters. The molecular weight excluding hydrogens is 344 g/mol. The van der Waals surface area contributed by atoms with E-state index in [1.807, 2.05) is 35.2 Å². The largest absolute Gasteiger partial charge is 0.482 e. The van der Waals surface area contributed by atoms with E-state index < -0.39 is 0 Å². The van der Waals surface area contributed by atoms with Gasteiger partial charge in [-0.05, 0) is 18.6 Å². The van der Waals surface area contributed by atoms with Crippen LogP contribution in [-0.2, 0) is 6.61 Å². The van der Waals surface area contributed by atoms with Gasteiger partial charge in [0.15, 0.2) is 12.3 Å². The van der Waals surface area contributed by atoms with E-state index >= 15 is 0 Å². The highest BCUT2D eigenvalue weighted by Crippen LogP contribution is 2.23. The molecule has 0 radical (unpaired) electrons. The number of fused-ring (bicyclic) bond motifs is 1. The van der Waals surface area contributed by atoms with E-state index in [0.29, 0.717) is 36.5 Å². The molecule has 3 aromatic rings. The van der Waals surface area contributed by atoms with Gasteiger partial charge in [0.2, 0.25) is 5.89 Å². The molecule has 27 heavy (non-hydrogen) atoms. The number of hydrogen-bond acceptors (Lipinski definition) is 6. The minimum Gasteiger partial charge on any atom is -0.482 e. The van der Waals surface area contributed by atoms with Crippen LogP contribution in [0.4, 0.5) is 0 Å². The predicted octanol–water partition coefficient (Wildman–Crippen LogP) is 2.63. The highest BCUT2D eigenvalue weighted by Gasteiger charge is 2.25. The molecule has 0 spiro atoms. The SMILES string of the molecule is CC[C@H]1CN(C(=O)c2coc(COc3cccc4cccnc34)n2)CCN1. The van der Waals surface area contributed by atoms with E-state index in [2.05, 4.69) is 22.2 Å². The lowest BCUT2D eigenvalue weighted by Crippen LogP contribution is -2.52. The number of carbonyl (C=O) groups is 1. The van der Waals surface area contributed by atoms with E-state index in [1.165, 1.54) is 6.26 Å². The normalized spacial score (nSPS) is 17.2. The van der Waals surface area contributed by atoms with E-state index in [4.69, 9.17) is 9.15 Å². The summed E-state index contributed by atoms with van der Waals surface area (Å²) < 4.78 is 11.3. The van der Waals surface area contributed by atoms with Gasteiger partial charge in [-0.1, -0.05) is 25.1 Å². The third kappa shape index (κ3) is 3.78. The Morgan fingerprint density at radius 3 is 3.15 bits per heavy atom. The molecule has 1 fully saturated rings. The van der Waals surface area contributed by atoms with Crippen LogP contribution in [-0.4, -0.2) is 46.5 Å². The van der Waals surface area contributed by atoms with Crippen molar-refractivity contribution in [2.24, 2.45) is 0 Å². The molecular formula is C20H22N4O3. The lowest BCUT2D eigenvalue weighted by atomic mass is 10.1. The van der Waals surface area contributed by atoms with Gasteiger partial charge in [0, 0.05) is 37.3 Å². The average molecular weight is 366 g/mol. The van der Waals surface area contributed by atoms with Gasteiger partial charge in [-0.25, -0.2) is 4.98 Å². The minimum atomic E-state index is -0.100. The molecule has 1 saturated heterocycles. The van der Waals surface area contributed by atoms with Gasteiger partial charge in [0.25, 0.3) is 5.91 Å². The van der Waals surface area contributed by atoms with Crippen molar-refractivity contribution in [1.29, 1.82) is 0 Å². The van der Waals surface area contributed by atoms with Crippen LogP contribution in [0.15, 0.2) is 47.2 Å². The Hall–Kier alpha value is -2.93. The number of pyridine rings is 1. The summed E-state index contributed by atoms with van der Waals surface area (Å²) in [4.78, 5) is 23.1. The number of benzene rings is 1. The number of nitrogens with one attached hydrogen (secondary N) is 1. The number of amides is 1. The van der Waals surface area contributed by atoms with Crippen LogP contribution in [0.25, 0.3) is 10.9 Å². The third-order valence-corrected chi connectivity index (χ3v) is 4.75. The molecule has 7 nitrogen and oxygen atoms in total. The summed E-state index contributed by atoms with van der Waals surface area (Å²) >= 11 is 0. The van der Waals surface area contributed by atoms with E-state index in [-0.39, 0.29) is 12.5 Å². The van der Waals surface area contributed by atoms with Gasteiger partial charge in [-0.2, -0.15) is 0 Å². The molecule has 7 heteroatoms. The summed E-state index contributed by atoms with van der Waals surface area (Å²) in [6.07, 6.45) is 4.13. The molecule has 1 aliphatic rings. The number of piperazine rings is 1. The van der Waals surface area contributed by atoms with Gasteiger partial charge in [-0.3, -0.25) is 9.78 Å². The topological polar surface area (TPSA) is 80.5 Å². The number of hydrogen-bond donors (Lipinski definition) is 1. The highest BCUT2D eigenvalue weighted by atomic mass is 16.5. The van der Waals surface area contributed by atoms with Crippen LogP contribution in [0.3, 0.4) is 0 Å². The molecule has 140 valence electrons. The summed E-state index contributed by atoms with van der Waals surface area (Å²) in [5.41, 5.74) is 1.11. The van der Waals surface area contributed by atoms with Gasteiger partial charge in [0.1, 0.15) is 17.5 Å². The van der Waals surface area contributed by atoms with E-state index in [1.54, 1.807) is 6.20 Å². The molecule has 4 rings (SSSR count). The molecule has 2 aromatic heterocycles. The van der Waals surface area contributed by atoms with Gasteiger partial charge >= 0.3 is 0 Å². The highest BCUT2D eigenvalue weighted by molar-refractivity contribution is 5.92. The molecule has 1 atom stereocenters. The number of para-hydroxylation sites is 1. The zero-order valence-electron chi connectivity index (χ0n) is 15.2. The van der Waals surface area contributed by atoms with Crippen LogP contribution in [0, 0.1) is 0 Å². The fraction of sp³-hybridized carbons (Fsp3) is 0.350. The zero-order valence-corrected chi connectivity index (χ0v) is 15.2. The summed E-state index contributed by atoms with van der Waals surface area (Å²) in [5, 5.41) is 4.40. The van der Waals surface area contributed by atoms with Gasteiger partial charge in [0.05, 0.1) is 0 Å². The van der Waals surface area contributed by atoms with Crippen molar-refractivity contribution in [2.75, 3.05) is 19.6 Å². The Morgan fingerprint density at radius 1 is 1.37 bits per heavy atom. The lowest BCUT2D eigenvalue weighted by molar-refractivity contribution is 0.0695. The monoisotopic (exact) mass is 366 g/mol. The molecule has 1 aliphatic heterocycles. The first-order chi connectivity index (χ1) is 13.2. The molecule has 0 saturated carbocycles. The molecule has 0 bridgehead atoms. The second-order valence-corrected chi connectivity index (χ2v) is 6.56. The smallest absolute Gasteiger partial charge is 0.275 e. The molecule has 1 N–H and O–H groups in total. The standard InChI is InChI=1S/C20H22N4O3/c1-2-15-11-24(10-9-21-15)20(25)16-12-27-18(23-16)13-26-17-7-3-5-14-6-4-8-22-19(14)17/h3-8,12,15,21H,2,9-11,13H2,1H3/t15-/m0/s1. The Labute approximate surface area is 157 Å². The number of carbonyl (C=O) groups excluding carboxylic acids is 1. The van der Waals surface area contributed by atoms with Gasteiger partial charge < -0.3 is 19.4 Å². The van der Waals surface area contributed by atoms with Crippen LogP contribution < -0.4 is 10.1 Å². The number of ether oxygens (including phenoxy) is 1. The summed E-state index contributed by atoms with van der Waals surface area (Å²) in [5.74, 6) is 0.928. The minimum absolute atomic E-state index is 0.100. The van der Waals surface area contributed by atoms with Crippen LogP contribution in [0.5, 0.6) is 5.75 Å². The maximum Gasteiger partial charge on any atom is 0.275 e. The lowest BCUT2D eigenvalue weighted by Gasteiger charge is -2.32. The Morgan fingerprint density at radius 2 is 2.26 bits per heavy atom. The fourth-order valence-corrected chi connectivity index (χ4v) is 3.25. The first kappa shape index (κ1) is 17.5. The first-order valence-electron chi connectivity index (χ1n) is 9.18. The maximum atomic E-state index is 12.6. The number of oxazole rings is 1. The van der Waals surface area contributed by atoms with E-state index in [0.717, 1.165) is 23.9 Å². The second-order valence-electron chi connectivity index (χ2n) is 6.56. The summed E-state index contributed by atoms with van der Waals surface area (Å²) in [6.45, 7) is 4.42. The third-order valence-electron chi connectivity index (χ3n) is 4.75. The second kappa shape index (κ2) is 7.75. The predicted molar refractivity (Wildman–Crippen MR) is 101 cm³/mol. The fourth-order valence-electron chi connectivity index (χ4n) is 3.25. The number of rotatable bonds is 5. The quantitative estimate of drug-likeness (QED) is 0.748. The van der Waals surface area contributed by atoms with Crippen molar-refractivity contribution in [3.63, 3.8) is 0 Å². The molecule has 3 heterocycles. The van der Waals surface area contributed by atoms with Crippen LogP contribution >= 0.6 is 0 Å². The van der Waals surface area contributed by atoms with Crippen molar-refractivity contribution in [3.8, 4) is 5.75 Å². The summed E-state index contributed by atoms with van der Waals surface area (Å²) in [7, 11) is 0. The van der Waals surface area contributed by atoms with Crippen molar-refractivity contribution in [3.05, 3.63) is 54.4 Å². The molecule has 1 aromatic carbocycles. The summed E-state index contributed by atoms with van der Waals surface area (Å²) in [6, 6.07) is 9.95. The van der Waals surface area contributed by atoms with E-state index in [9.17, 15) is 4.79 Å². The Bertz CT molecular complexity index is 934.